The number of carbonyl (C=O) groups is 5. The van der Waals surface area contributed by atoms with Crippen LogP contribution in [0.1, 0.15) is 69.7 Å². The molecule has 10 rings (SSSR count). The van der Waals surface area contributed by atoms with Crippen LogP contribution in [0.25, 0.3) is 0 Å². The van der Waals surface area contributed by atoms with E-state index in [1.54, 1.807) is 66.0 Å². The molecule has 5 aromatic rings. The first-order chi connectivity index (χ1) is 39.8. The molecule has 0 aromatic heterocycles. The van der Waals surface area contributed by atoms with Crippen molar-refractivity contribution in [2.75, 3.05) is 99.8 Å². The highest BCUT2D eigenvalue weighted by Crippen LogP contribution is 2.44. The van der Waals surface area contributed by atoms with E-state index >= 15 is 0 Å². The van der Waals surface area contributed by atoms with Crippen molar-refractivity contribution in [2.24, 2.45) is 4.99 Å². The zero-order valence-corrected chi connectivity index (χ0v) is 48.1. The van der Waals surface area contributed by atoms with Crippen LogP contribution < -0.4 is 39.0 Å². The molecule has 19 nitrogen and oxygen atoms in total. The molecule has 0 saturated carbocycles. The van der Waals surface area contributed by atoms with Gasteiger partial charge in [0.15, 0.2) is 23.0 Å². The Hall–Kier alpha value is -7.56. The SMILES string of the molecule is COCCOCCOCCN(CC(C)(C)SSCCCC(=O)ON1C(=O)C=CC1=O)c1cc(COc2cc3c(cc2OC)C(=O)N2c4ccccc4C[C@H]2C=N3)cc(COc2cc3c(cc2OC)C(=O)N2c4ccccc4C[C@H]2CN3)c1. The van der Waals surface area contributed by atoms with Crippen LogP contribution in [-0.2, 0) is 59.5 Å². The first-order valence-electron chi connectivity index (χ1n) is 27.2. The molecule has 5 heterocycles. The molecule has 2 atom stereocenters. The van der Waals surface area contributed by atoms with Gasteiger partial charge >= 0.3 is 5.97 Å². The van der Waals surface area contributed by atoms with E-state index in [0.717, 1.165) is 57.9 Å². The van der Waals surface area contributed by atoms with E-state index in [1.807, 2.05) is 65.7 Å². The number of imide groups is 1. The predicted octanol–water partition coefficient (Wildman–Crippen LogP) is 8.96. The molecule has 0 saturated heterocycles. The molecule has 82 heavy (non-hydrogen) atoms. The smallest absolute Gasteiger partial charge is 0.333 e. The number of ether oxygens (including phenoxy) is 7. The summed E-state index contributed by atoms with van der Waals surface area (Å²) < 4.78 is 41.7. The fourth-order valence-corrected chi connectivity index (χ4v) is 13.1. The summed E-state index contributed by atoms with van der Waals surface area (Å²) in [6, 6.07) is 28.9. The molecular formula is C61H66N6O13S2. The van der Waals surface area contributed by atoms with E-state index in [0.29, 0.717) is 122 Å². The third kappa shape index (κ3) is 13.2. The van der Waals surface area contributed by atoms with E-state index < -0.39 is 17.8 Å². The van der Waals surface area contributed by atoms with Gasteiger partial charge in [0, 0.05) is 97.6 Å². The number of nitrogens with one attached hydrogen (secondary N) is 1. The van der Waals surface area contributed by atoms with Gasteiger partial charge in [0.1, 0.15) is 13.2 Å². The van der Waals surface area contributed by atoms with Gasteiger partial charge in [-0.25, -0.2) is 4.79 Å². The van der Waals surface area contributed by atoms with Crippen LogP contribution in [0.2, 0.25) is 0 Å². The molecule has 0 spiro atoms. The maximum absolute atomic E-state index is 14.3. The summed E-state index contributed by atoms with van der Waals surface area (Å²) in [4.78, 5) is 80.7. The molecule has 0 unspecified atom stereocenters. The van der Waals surface area contributed by atoms with E-state index in [9.17, 15) is 24.0 Å². The summed E-state index contributed by atoms with van der Waals surface area (Å²) in [5.74, 6) is -0.0521. The van der Waals surface area contributed by atoms with Gasteiger partial charge < -0.3 is 53.1 Å². The Morgan fingerprint density at radius 1 is 0.720 bits per heavy atom. The third-order valence-electron chi connectivity index (χ3n) is 14.4. The molecule has 1 N–H and O–H groups in total. The molecule has 430 valence electrons. The van der Waals surface area contributed by atoms with Crippen LogP contribution in [0.15, 0.2) is 108 Å². The maximum atomic E-state index is 14.3. The quantitative estimate of drug-likeness (QED) is 0.0297. The number of benzene rings is 5. The highest BCUT2D eigenvalue weighted by Gasteiger charge is 2.39. The maximum Gasteiger partial charge on any atom is 0.333 e. The summed E-state index contributed by atoms with van der Waals surface area (Å²) >= 11 is 0. The lowest BCUT2D eigenvalue weighted by Gasteiger charge is -2.34. The van der Waals surface area contributed by atoms with E-state index in [4.69, 9.17) is 43.0 Å². The number of amides is 4. The summed E-state index contributed by atoms with van der Waals surface area (Å²) in [6.45, 7) is 8.25. The van der Waals surface area contributed by atoms with Crippen LogP contribution in [0.4, 0.5) is 28.4 Å². The van der Waals surface area contributed by atoms with Crippen molar-refractivity contribution >= 4 is 85.8 Å². The predicted molar refractivity (Wildman–Crippen MR) is 315 cm³/mol. The molecule has 0 radical (unpaired) electrons. The number of nitrogens with zero attached hydrogens (tertiary/aromatic N) is 5. The molecule has 5 aliphatic heterocycles. The molecule has 5 aliphatic rings. The zero-order valence-electron chi connectivity index (χ0n) is 46.5. The Morgan fingerprint density at radius 3 is 2.04 bits per heavy atom. The number of aliphatic imine (C=N–C) groups is 1. The molecule has 0 bridgehead atoms. The average Bonchev–Trinajstić information content (AvgIpc) is 3.00. The fraction of sp³-hybridized carbons (Fsp3) is 0.377. The normalized spacial score (nSPS) is 16.6. The van der Waals surface area contributed by atoms with Crippen molar-refractivity contribution in [1.82, 2.24) is 5.06 Å². The van der Waals surface area contributed by atoms with Gasteiger partial charge in [-0.15, -0.1) is 0 Å². The number of methoxy groups -OCH3 is 3. The van der Waals surface area contributed by atoms with Crippen molar-refractivity contribution in [2.45, 2.75) is 69.6 Å². The number of carbonyl (C=O) groups excluding carboxylic acids is 5. The molecule has 4 amide bonds. The van der Waals surface area contributed by atoms with E-state index in [2.05, 4.69) is 42.3 Å². The number of para-hydroxylation sites is 2. The second-order valence-electron chi connectivity index (χ2n) is 20.7. The number of hydrogen-bond acceptors (Lipinski definition) is 18. The van der Waals surface area contributed by atoms with Crippen LogP contribution in [-0.4, -0.2) is 137 Å². The fourth-order valence-electron chi connectivity index (χ4n) is 10.5. The average molecular weight is 1160 g/mol. The van der Waals surface area contributed by atoms with Crippen LogP contribution in [0.3, 0.4) is 0 Å². The third-order valence-corrected chi connectivity index (χ3v) is 17.8. The van der Waals surface area contributed by atoms with Gasteiger partial charge in [0.25, 0.3) is 23.6 Å². The van der Waals surface area contributed by atoms with Gasteiger partial charge in [-0.1, -0.05) is 63.0 Å². The second kappa shape index (κ2) is 26.1. The van der Waals surface area contributed by atoms with Crippen LogP contribution in [0, 0.1) is 0 Å². The van der Waals surface area contributed by atoms with Crippen molar-refractivity contribution in [3.05, 3.63) is 137 Å². The topological polar surface area (TPSA) is 197 Å². The minimum atomic E-state index is -0.687. The Morgan fingerprint density at radius 2 is 1.34 bits per heavy atom. The summed E-state index contributed by atoms with van der Waals surface area (Å²) in [5.41, 5.74) is 8.54. The molecule has 5 aromatic carbocycles. The summed E-state index contributed by atoms with van der Waals surface area (Å²) in [5, 5.41) is 4.00. The summed E-state index contributed by atoms with van der Waals surface area (Å²) in [6.07, 6.45) is 5.86. The largest absolute Gasteiger partial charge is 0.493 e. The van der Waals surface area contributed by atoms with Gasteiger partial charge in [-0.05, 0) is 91.4 Å². The second-order valence-corrected chi connectivity index (χ2v) is 23.8. The highest BCUT2D eigenvalue weighted by atomic mass is 33.1. The van der Waals surface area contributed by atoms with Gasteiger partial charge in [0.2, 0.25) is 0 Å². The van der Waals surface area contributed by atoms with Crippen molar-refractivity contribution in [1.29, 1.82) is 0 Å². The summed E-state index contributed by atoms with van der Waals surface area (Å²) in [7, 11) is 8.03. The van der Waals surface area contributed by atoms with E-state index in [1.165, 1.54) is 0 Å². The first kappa shape index (κ1) is 57.7. The van der Waals surface area contributed by atoms with Crippen molar-refractivity contribution in [3.8, 4) is 23.0 Å². The molecule has 0 fully saturated rings. The Bertz CT molecular complexity index is 3260. The molecular weight excluding hydrogens is 1090 g/mol. The van der Waals surface area contributed by atoms with Crippen molar-refractivity contribution in [3.63, 3.8) is 0 Å². The Balaban J connectivity index is 0.908. The molecule has 0 aliphatic carbocycles. The number of hydrogen-bond donors (Lipinski definition) is 1. The number of anilines is 4. The standard InChI is InChI=1S/C61H66N6O13S2/c1-61(2,82-81-24-10-15-58(70)80-67-56(68)16-17-57(67)69)38-64(18-19-76-22-23-77-21-20-73-3)43-26-39(36-78-54-32-48-46(30-52(54)74-4)59(71)65-44(34-62-48)28-41-11-6-8-13-50(41)65)25-40(27-43)37-79-55-33-49-47(31-53(55)75-5)60(72)66-45(35-63-49)29-42-12-7-9-14-51(42)66/h6-9,11-14,16-17,25-27,30-34,44-45,63H,10,15,18-24,28-29,35-38H2,1-5H3/t44-,45-/m0/s1. The van der Waals surface area contributed by atoms with Gasteiger partial charge in [-0.2, -0.15) is 0 Å². The Labute approximate surface area is 484 Å². The lowest BCUT2D eigenvalue weighted by molar-refractivity contribution is -0.196. The van der Waals surface area contributed by atoms with Gasteiger partial charge in [0.05, 0.1) is 81.8 Å². The minimum absolute atomic E-state index is 0.0280. The van der Waals surface area contributed by atoms with Crippen LogP contribution >= 0.6 is 21.6 Å². The lowest BCUT2D eigenvalue weighted by atomic mass is 10.1. The number of rotatable bonds is 27. The Kier molecular flexibility index (Phi) is 18.4. The monoisotopic (exact) mass is 1150 g/mol. The van der Waals surface area contributed by atoms with Gasteiger partial charge in [-0.3, -0.25) is 29.1 Å². The van der Waals surface area contributed by atoms with Crippen molar-refractivity contribution < 1.29 is 62.0 Å². The zero-order chi connectivity index (χ0) is 57.3. The minimum Gasteiger partial charge on any atom is -0.493 e. The first-order valence-corrected chi connectivity index (χ1v) is 29.5. The van der Waals surface area contributed by atoms with Crippen LogP contribution in [0.5, 0.6) is 23.0 Å². The number of hydroxylamine groups is 2. The molecule has 21 heteroatoms. The van der Waals surface area contributed by atoms with E-state index in [-0.39, 0.29) is 48.3 Å². The lowest BCUT2D eigenvalue weighted by Crippen LogP contribution is -2.39. The number of fused-ring (bicyclic) bond motifs is 8. The highest BCUT2D eigenvalue weighted by molar-refractivity contribution is 8.77.